The number of rotatable bonds is 9. The first kappa shape index (κ1) is 25.0. The first-order chi connectivity index (χ1) is 13.2. The van der Waals surface area contributed by atoms with Gasteiger partial charge in [0.2, 0.25) is 0 Å². The summed E-state index contributed by atoms with van der Waals surface area (Å²) >= 11 is 0. The molecule has 1 fully saturated rings. The van der Waals surface area contributed by atoms with E-state index in [1.807, 2.05) is 12.2 Å². The Balaban J connectivity index is 2.35. The first-order valence-electron chi connectivity index (χ1n) is 11.3. The normalized spacial score (nSPS) is 28.4. The minimum atomic E-state index is -1.92. The first-order valence-corrected chi connectivity index (χ1v) is 16.8. The van der Waals surface area contributed by atoms with E-state index in [0.717, 1.165) is 23.7 Å². The van der Waals surface area contributed by atoms with Crippen LogP contribution >= 0.6 is 0 Å². The summed E-state index contributed by atoms with van der Waals surface area (Å²) in [7, 11) is -3.70. The predicted molar refractivity (Wildman–Crippen MR) is 126 cm³/mol. The highest BCUT2D eigenvalue weighted by atomic mass is 28.4. The van der Waals surface area contributed by atoms with Crippen molar-refractivity contribution >= 4 is 16.6 Å². The van der Waals surface area contributed by atoms with Gasteiger partial charge < -0.3 is 18.7 Å². The van der Waals surface area contributed by atoms with E-state index in [0.29, 0.717) is 0 Å². The minimum absolute atomic E-state index is 0.0388. The van der Waals surface area contributed by atoms with Crippen molar-refractivity contribution in [1.29, 1.82) is 0 Å². The maximum Gasteiger partial charge on any atom is 0.193 e. The lowest BCUT2D eigenvalue weighted by Gasteiger charge is -2.40. The molecular formula is C23H44O4Si2. The second-order valence-corrected chi connectivity index (χ2v) is 20.3. The number of ether oxygens (including phenoxy) is 1. The molecular weight excluding hydrogens is 396 g/mol. The summed E-state index contributed by atoms with van der Waals surface area (Å²) in [5, 5.41) is 10.4. The molecule has 2 rings (SSSR count). The molecule has 168 valence electrons. The second kappa shape index (κ2) is 8.71. The van der Waals surface area contributed by atoms with Crippen LogP contribution in [0.3, 0.4) is 0 Å². The topological polar surface area (TPSA) is 51.2 Å². The van der Waals surface area contributed by atoms with Crippen LogP contribution in [-0.4, -0.2) is 51.8 Å². The highest BCUT2D eigenvalue weighted by molar-refractivity contribution is 6.74. The third kappa shape index (κ3) is 5.92. The molecule has 6 heteroatoms. The van der Waals surface area contributed by atoms with Crippen LogP contribution in [0.5, 0.6) is 0 Å². The number of hydrogen-bond acceptors (Lipinski definition) is 4. The Labute approximate surface area is 181 Å². The molecule has 4 atom stereocenters. The summed E-state index contributed by atoms with van der Waals surface area (Å²) in [5.74, 6) is 0. The van der Waals surface area contributed by atoms with Crippen molar-refractivity contribution in [2.75, 3.05) is 0 Å². The molecule has 1 aliphatic heterocycles. The second-order valence-electron chi connectivity index (χ2n) is 10.8. The van der Waals surface area contributed by atoms with Crippen molar-refractivity contribution in [1.82, 2.24) is 0 Å². The van der Waals surface area contributed by atoms with Crippen LogP contribution in [0.1, 0.15) is 55.4 Å². The summed E-state index contributed by atoms with van der Waals surface area (Å²) in [6.45, 7) is 21.7. The molecule has 0 aromatic rings. The highest BCUT2D eigenvalue weighted by Gasteiger charge is 2.57. The quantitative estimate of drug-likeness (QED) is 0.363. The summed E-state index contributed by atoms with van der Waals surface area (Å²) in [5.41, 5.74) is 0.235. The van der Waals surface area contributed by atoms with Crippen LogP contribution in [0.15, 0.2) is 23.8 Å². The zero-order valence-corrected chi connectivity index (χ0v) is 22.3. The molecule has 0 saturated carbocycles. The lowest BCUT2D eigenvalue weighted by atomic mass is 9.93. The van der Waals surface area contributed by atoms with Gasteiger partial charge in [-0.3, -0.25) is 0 Å². The lowest BCUT2D eigenvalue weighted by molar-refractivity contribution is 0.132. The zero-order valence-electron chi connectivity index (χ0n) is 20.3. The number of fused-ring (bicyclic) bond motifs is 1. The smallest absolute Gasteiger partial charge is 0.193 e. The molecule has 1 saturated heterocycles. The molecule has 0 aromatic carbocycles. The lowest BCUT2D eigenvalue weighted by Crippen LogP contribution is -2.48. The molecule has 0 amide bonds. The van der Waals surface area contributed by atoms with Gasteiger partial charge in [-0.25, -0.2) is 0 Å². The van der Waals surface area contributed by atoms with Crippen LogP contribution in [-0.2, 0) is 13.6 Å². The van der Waals surface area contributed by atoms with Crippen molar-refractivity contribution in [3.05, 3.63) is 23.8 Å². The Kier molecular flexibility index (Phi) is 7.52. The maximum absolute atomic E-state index is 10.2. The van der Waals surface area contributed by atoms with Crippen LogP contribution in [0, 0.1) is 0 Å². The van der Waals surface area contributed by atoms with Gasteiger partial charge in [-0.15, -0.1) is 0 Å². The zero-order chi connectivity index (χ0) is 22.3. The molecule has 1 unspecified atom stereocenters. The number of epoxide rings is 1. The third-order valence-electron chi connectivity index (χ3n) is 7.10. The molecule has 0 aromatic heterocycles. The van der Waals surface area contributed by atoms with Crippen LogP contribution in [0.25, 0.3) is 0 Å². The van der Waals surface area contributed by atoms with Gasteiger partial charge in [0.05, 0.1) is 17.8 Å². The van der Waals surface area contributed by atoms with Gasteiger partial charge in [-0.1, -0.05) is 53.7 Å². The maximum atomic E-state index is 10.2. The van der Waals surface area contributed by atoms with Gasteiger partial charge in [0.1, 0.15) is 12.2 Å². The number of hydrogen-bond donors (Lipinski definition) is 1. The average Bonchev–Trinajstić information content (AvgIpc) is 3.39. The van der Waals surface area contributed by atoms with Crippen molar-refractivity contribution in [2.45, 2.75) is 122 Å². The van der Waals surface area contributed by atoms with E-state index in [1.54, 1.807) is 13.8 Å². The molecule has 4 nitrogen and oxygen atoms in total. The largest absolute Gasteiger partial charge is 0.408 e. The van der Waals surface area contributed by atoms with E-state index < -0.39 is 22.2 Å². The fraction of sp³-hybridized carbons (Fsp3) is 0.826. The summed E-state index contributed by atoms with van der Waals surface area (Å²) < 4.78 is 19.7. The Hall–Kier alpha value is -0.246. The molecule has 2 aliphatic rings. The third-order valence-corrected chi connectivity index (χ3v) is 16.2. The number of aliphatic hydroxyl groups is 1. The summed E-state index contributed by atoms with van der Waals surface area (Å²) in [6.07, 6.45) is 6.16. The van der Waals surface area contributed by atoms with Crippen molar-refractivity contribution in [3.63, 3.8) is 0 Å². The van der Waals surface area contributed by atoms with Gasteiger partial charge in [-0.05, 0) is 61.8 Å². The molecule has 1 N–H and O–H groups in total. The minimum Gasteiger partial charge on any atom is -0.408 e. The monoisotopic (exact) mass is 440 g/mol. The Morgan fingerprint density at radius 3 is 2.00 bits per heavy atom. The molecule has 29 heavy (non-hydrogen) atoms. The summed E-state index contributed by atoms with van der Waals surface area (Å²) in [6, 6.07) is 3.33. The molecule has 1 heterocycles. The highest BCUT2D eigenvalue weighted by Crippen LogP contribution is 2.46. The molecule has 0 radical (unpaired) electrons. The van der Waals surface area contributed by atoms with Gasteiger partial charge in [0.15, 0.2) is 16.6 Å². The fourth-order valence-corrected chi connectivity index (χ4v) is 7.73. The standard InChI is InChI=1S/C23H44O4Si2/c1-11-29(12-2,13-3)27-19-17(14-15-23(7,8)24)16-18(20-21(19)25-20)26-28(9,10)22(4,5)6/h14-16,18-21,24H,11-13H2,1-10H3/b15-14+/t18-,19?,20+,21-/m1/s1. The van der Waals surface area contributed by atoms with E-state index in [1.165, 1.54) is 0 Å². The molecule has 0 spiro atoms. The Morgan fingerprint density at radius 1 is 1.00 bits per heavy atom. The molecule has 1 aliphatic carbocycles. The van der Waals surface area contributed by atoms with Crippen LogP contribution in [0.2, 0.25) is 36.3 Å². The van der Waals surface area contributed by atoms with Crippen molar-refractivity contribution in [3.8, 4) is 0 Å². The van der Waals surface area contributed by atoms with Gasteiger partial charge in [-0.2, -0.15) is 0 Å². The Morgan fingerprint density at radius 2 is 1.55 bits per heavy atom. The van der Waals surface area contributed by atoms with Gasteiger partial charge in [0, 0.05) is 0 Å². The SMILES string of the molecule is CC[Si](CC)(CC)OC1C(/C=C/C(C)(C)O)=C[C@@H](O[Si](C)(C)C(C)(C)C)[C@@H]2O[C@H]12. The van der Waals surface area contributed by atoms with Gasteiger partial charge in [0.25, 0.3) is 0 Å². The van der Waals surface area contributed by atoms with E-state index in [2.05, 4.69) is 60.7 Å². The summed E-state index contributed by atoms with van der Waals surface area (Å²) in [4.78, 5) is 0. The van der Waals surface area contributed by atoms with E-state index in [9.17, 15) is 5.11 Å². The van der Waals surface area contributed by atoms with Crippen molar-refractivity contribution in [2.24, 2.45) is 0 Å². The van der Waals surface area contributed by atoms with Crippen molar-refractivity contribution < 1.29 is 18.7 Å². The van der Waals surface area contributed by atoms with Gasteiger partial charge >= 0.3 is 0 Å². The van der Waals surface area contributed by atoms with E-state index in [4.69, 9.17) is 13.6 Å². The molecule has 0 bridgehead atoms. The van der Waals surface area contributed by atoms with Crippen LogP contribution < -0.4 is 0 Å². The Bertz CT molecular complexity index is 616. The predicted octanol–water partition coefficient (Wildman–Crippen LogP) is 5.80. The van der Waals surface area contributed by atoms with E-state index >= 15 is 0 Å². The average molecular weight is 441 g/mol. The van der Waals surface area contributed by atoms with Crippen LogP contribution in [0.4, 0.5) is 0 Å². The van der Waals surface area contributed by atoms with E-state index in [-0.39, 0.29) is 29.5 Å². The fourth-order valence-electron chi connectivity index (χ4n) is 3.69.